The number of halogens is 5. The van der Waals surface area contributed by atoms with Gasteiger partial charge in [0.2, 0.25) is 0 Å². The summed E-state index contributed by atoms with van der Waals surface area (Å²) in [5, 5.41) is 0. The first kappa shape index (κ1) is 15.9. The van der Waals surface area contributed by atoms with E-state index in [0.29, 0.717) is 0 Å². The number of carbonyl (C=O) groups excluding carboxylic acids is 1. The lowest BCUT2D eigenvalue weighted by atomic mass is 9.94. The Bertz CT molecular complexity index is 460. The van der Waals surface area contributed by atoms with Gasteiger partial charge in [0.15, 0.2) is 0 Å². The number of hydrogen-bond donors (Lipinski definition) is 0. The minimum Gasteiger partial charge on any atom is -0.466 e. The zero-order valence-corrected chi connectivity index (χ0v) is 11.5. The summed E-state index contributed by atoms with van der Waals surface area (Å²) in [5.41, 5.74) is -0.574. The van der Waals surface area contributed by atoms with E-state index >= 15 is 0 Å². The molecule has 0 aromatic heterocycles. The highest BCUT2D eigenvalue weighted by Gasteiger charge is 2.43. The van der Waals surface area contributed by atoms with Gasteiger partial charge in [0, 0.05) is 5.56 Å². The summed E-state index contributed by atoms with van der Waals surface area (Å²) >= 11 is 2.82. The lowest BCUT2D eigenvalue weighted by Crippen LogP contribution is -2.25. The largest absolute Gasteiger partial charge is 0.466 e. The highest BCUT2D eigenvalue weighted by atomic mass is 79.9. The van der Waals surface area contributed by atoms with E-state index in [2.05, 4.69) is 20.7 Å². The first-order valence-corrected chi connectivity index (χ1v) is 6.23. The van der Waals surface area contributed by atoms with E-state index in [0.717, 1.165) is 6.07 Å². The normalized spacial score (nSPS) is 13.2. The number of carbonyl (C=O) groups is 1. The molecular formula is C12H11BrF4O2. The summed E-state index contributed by atoms with van der Waals surface area (Å²) in [4.78, 5) is 11.2. The second kappa shape index (κ2) is 6.36. The Labute approximate surface area is 115 Å². The molecule has 0 bridgehead atoms. The molecule has 1 aromatic carbocycles. The Morgan fingerprint density at radius 3 is 2.58 bits per heavy atom. The SMILES string of the molecule is CCOC(=O)CC(c1cccc(Br)c1F)C(F)(F)F. The van der Waals surface area contributed by atoms with Gasteiger partial charge in [0.25, 0.3) is 0 Å². The molecule has 7 heteroatoms. The van der Waals surface area contributed by atoms with E-state index in [1.807, 2.05) is 0 Å². The van der Waals surface area contributed by atoms with E-state index < -0.39 is 35.9 Å². The summed E-state index contributed by atoms with van der Waals surface area (Å²) in [6, 6.07) is 3.58. The van der Waals surface area contributed by atoms with Crippen LogP contribution in [0.5, 0.6) is 0 Å². The van der Waals surface area contributed by atoms with Gasteiger partial charge >= 0.3 is 12.1 Å². The zero-order valence-electron chi connectivity index (χ0n) is 9.93. The van der Waals surface area contributed by atoms with Crippen molar-refractivity contribution >= 4 is 21.9 Å². The summed E-state index contributed by atoms with van der Waals surface area (Å²) in [7, 11) is 0. The molecule has 1 atom stereocenters. The van der Waals surface area contributed by atoms with Gasteiger partial charge in [-0.1, -0.05) is 12.1 Å². The molecule has 0 amide bonds. The number of ether oxygens (including phenoxy) is 1. The molecule has 0 saturated heterocycles. The van der Waals surface area contributed by atoms with Crippen LogP contribution in [0.1, 0.15) is 24.8 Å². The van der Waals surface area contributed by atoms with E-state index in [1.165, 1.54) is 19.1 Å². The van der Waals surface area contributed by atoms with Gasteiger partial charge in [0.05, 0.1) is 23.4 Å². The molecule has 0 heterocycles. The fraction of sp³-hybridized carbons (Fsp3) is 0.417. The molecule has 0 fully saturated rings. The number of alkyl halides is 3. The second-order valence-corrected chi connectivity index (χ2v) is 4.60. The third-order valence-corrected chi connectivity index (χ3v) is 3.04. The number of benzene rings is 1. The van der Waals surface area contributed by atoms with E-state index in [4.69, 9.17) is 0 Å². The summed E-state index contributed by atoms with van der Waals surface area (Å²) in [6.07, 6.45) is -5.67. The van der Waals surface area contributed by atoms with Crippen LogP contribution < -0.4 is 0 Å². The standard InChI is InChI=1S/C12H11BrF4O2/c1-2-19-10(18)6-8(12(15,16)17)7-4-3-5-9(13)11(7)14/h3-5,8H,2,6H2,1H3. The van der Waals surface area contributed by atoms with Crippen molar-refractivity contribution in [2.45, 2.75) is 25.4 Å². The third kappa shape index (κ3) is 4.19. The fourth-order valence-corrected chi connectivity index (χ4v) is 1.96. The minimum absolute atomic E-state index is 0.0234. The molecule has 0 N–H and O–H groups in total. The Morgan fingerprint density at radius 1 is 1.42 bits per heavy atom. The van der Waals surface area contributed by atoms with E-state index in [9.17, 15) is 22.4 Å². The summed E-state index contributed by atoms with van der Waals surface area (Å²) < 4.78 is 56.9. The first-order valence-electron chi connectivity index (χ1n) is 5.43. The van der Waals surface area contributed by atoms with Crippen LogP contribution in [0.2, 0.25) is 0 Å². The molecular weight excluding hydrogens is 332 g/mol. The zero-order chi connectivity index (χ0) is 14.6. The van der Waals surface area contributed by atoms with Gasteiger partial charge in [-0.25, -0.2) is 4.39 Å². The summed E-state index contributed by atoms with van der Waals surface area (Å²) in [5.74, 6) is -4.25. The Morgan fingerprint density at radius 2 is 2.05 bits per heavy atom. The van der Waals surface area contributed by atoms with Crippen LogP contribution in [0.25, 0.3) is 0 Å². The van der Waals surface area contributed by atoms with Crippen molar-refractivity contribution in [2.24, 2.45) is 0 Å². The van der Waals surface area contributed by atoms with Crippen LogP contribution in [0.15, 0.2) is 22.7 Å². The molecule has 0 radical (unpaired) electrons. The van der Waals surface area contributed by atoms with Gasteiger partial charge < -0.3 is 4.74 Å². The van der Waals surface area contributed by atoms with Crippen molar-refractivity contribution < 1.29 is 27.1 Å². The van der Waals surface area contributed by atoms with E-state index in [1.54, 1.807) is 0 Å². The lowest BCUT2D eigenvalue weighted by Gasteiger charge is -2.20. The smallest absolute Gasteiger partial charge is 0.396 e. The third-order valence-electron chi connectivity index (χ3n) is 2.43. The highest BCUT2D eigenvalue weighted by molar-refractivity contribution is 9.10. The van der Waals surface area contributed by atoms with Crippen molar-refractivity contribution in [3.05, 3.63) is 34.1 Å². The number of hydrogen-bond acceptors (Lipinski definition) is 2. The molecule has 106 valence electrons. The average Bonchev–Trinajstić information content (AvgIpc) is 2.29. The molecule has 2 nitrogen and oxygen atoms in total. The first-order chi connectivity index (χ1) is 8.77. The predicted octanol–water partition coefficient (Wildman–Crippen LogP) is 4.19. The quantitative estimate of drug-likeness (QED) is 0.605. The molecule has 1 unspecified atom stereocenters. The fourth-order valence-electron chi connectivity index (χ4n) is 1.58. The van der Waals surface area contributed by atoms with Crippen LogP contribution in [-0.2, 0) is 9.53 Å². The van der Waals surface area contributed by atoms with Crippen LogP contribution in [0.4, 0.5) is 17.6 Å². The molecule has 0 aliphatic heterocycles. The molecule has 0 aliphatic rings. The van der Waals surface area contributed by atoms with Crippen LogP contribution in [0, 0.1) is 5.82 Å². The lowest BCUT2D eigenvalue weighted by molar-refractivity contribution is -0.166. The van der Waals surface area contributed by atoms with Crippen molar-refractivity contribution in [3.63, 3.8) is 0 Å². The number of rotatable bonds is 4. The Kier molecular flexibility index (Phi) is 5.34. The molecule has 0 spiro atoms. The van der Waals surface area contributed by atoms with Gasteiger partial charge in [-0.05, 0) is 28.9 Å². The molecule has 1 aromatic rings. The second-order valence-electron chi connectivity index (χ2n) is 3.75. The molecule has 1 rings (SSSR count). The minimum atomic E-state index is -4.73. The van der Waals surface area contributed by atoms with Crippen LogP contribution in [-0.4, -0.2) is 18.8 Å². The topological polar surface area (TPSA) is 26.3 Å². The van der Waals surface area contributed by atoms with Gasteiger partial charge in [0.1, 0.15) is 5.82 Å². The average molecular weight is 343 g/mol. The van der Waals surface area contributed by atoms with Crippen molar-refractivity contribution in [1.29, 1.82) is 0 Å². The van der Waals surface area contributed by atoms with Gasteiger partial charge in [-0.2, -0.15) is 13.2 Å². The van der Waals surface area contributed by atoms with Crippen LogP contribution in [0.3, 0.4) is 0 Å². The monoisotopic (exact) mass is 342 g/mol. The van der Waals surface area contributed by atoms with E-state index in [-0.39, 0.29) is 11.1 Å². The highest BCUT2D eigenvalue weighted by Crippen LogP contribution is 2.39. The predicted molar refractivity (Wildman–Crippen MR) is 64.1 cm³/mol. The Balaban J connectivity index is 3.11. The van der Waals surface area contributed by atoms with Crippen LogP contribution >= 0.6 is 15.9 Å². The maximum Gasteiger partial charge on any atom is 0.396 e. The molecule has 19 heavy (non-hydrogen) atoms. The van der Waals surface area contributed by atoms with Crippen molar-refractivity contribution in [2.75, 3.05) is 6.61 Å². The van der Waals surface area contributed by atoms with Gasteiger partial charge in [-0.3, -0.25) is 4.79 Å². The van der Waals surface area contributed by atoms with Crippen molar-refractivity contribution in [1.82, 2.24) is 0 Å². The molecule has 0 aliphatic carbocycles. The maximum absolute atomic E-state index is 13.7. The molecule has 0 saturated carbocycles. The number of esters is 1. The summed E-state index contributed by atoms with van der Waals surface area (Å²) in [6.45, 7) is 1.46. The van der Waals surface area contributed by atoms with Crippen molar-refractivity contribution in [3.8, 4) is 0 Å². The Hall–Kier alpha value is -1.11. The van der Waals surface area contributed by atoms with Gasteiger partial charge in [-0.15, -0.1) is 0 Å². The maximum atomic E-state index is 13.7.